The van der Waals surface area contributed by atoms with Crippen molar-refractivity contribution in [2.75, 3.05) is 32.8 Å². The smallest absolute Gasteiger partial charge is 0.338 e. The zero-order valence-corrected chi connectivity index (χ0v) is 18.4. The number of carbonyl (C=O) groups is 2. The Hall–Kier alpha value is -1.97. The lowest BCUT2D eigenvalue weighted by molar-refractivity contribution is -0.143. The quantitative estimate of drug-likeness (QED) is 0.631. The molecule has 30 heavy (non-hydrogen) atoms. The van der Waals surface area contributed by atoms with Crippen molar-refractivity contribution in [3.8, 4) is 0 Å². The molecule has 2 unspecified atom stereocenters. The van der Waals surface area contributed by atoms with Gasteiger partial charge < -0.3 is 14.4 Å². The van der Waals surface area contributed by atoms with E-state index in [1.807, 2.05) is 4.90 Å². The second kappa shape index (κ2) is 9.89. The molecule has 9 heteroatoms. The van der Waals surface area contributed by atoms with E-state index in [2.05, 4.69) is 6.92 Å². The Balaban J connectivity index is 1.63. The van der Waals surface area contributed by atoms with Gasteiger partial charge in [0.1, 0.15) is 0 Å². The molecule has 0 aromatic heterocycles. The monoisotopic (exact) mass is 438 g/mol. The average Bonchev–Trinajstić information content (AvgIpc) is 2.79. The summed E-state index contributed by atoms with van der Waals surface area (Å²) in [6, 6.07) is 5.82. The molecule has 2 aliphatic heterocycles. The number of sulfonamides is 1. The molecular weight excluding hydrogens is 408 g/mol. The Labute approximate surface area is 178 Å². The third-order valence-electron chi connectivity index (χ3n) is 5.71. The number of nitrogens with zero attached hydrogens (tertiary/aromatic N) is 2. The van der Waals surface area contributed by atoms with E-state index < -0.39 is 22.1 Å². The minimum absolute atomic E-state index is 0.115. The van der Waals surface area contributed by atoms with Crippen LogP contribution in [0.2, 0.25) is 0 Å². The third-order valence-corrected chi connectivity index (χ3v) is 7.62. The molecule has 1 aromatic carbocycles. The van der Waals surface area contributed by atoms with Crippen molar-refractivity contribution < 1.29 is 27.5 Å². The number of piperidine rings is 1. The summed E-state index contributed by atoms with van der Waals surface area (Å²) in [7, 11) is -3.62. The highest BCUT2D eigenvalue weighted by Gasteiger charge is 2.31. The fourth-order valence-electron chi connectivity index (χ4n) is 3.93. The first kappa shape index (κ1) is 22.7. The van der Waals surface area contributed by atoms with Gasteiger partial charge in [0, 0.05) is 25.7 Å². The molecule has 0 spiro atoms. The van der Waals surface area contributed by atoms with Crippen molar-refractivity contribution in [2.45, 2.75) is 56.6 Å². The number of likely N-dealkylation sites (tertiary alicyclic amines) is 1. The van der Waals surface area contributed by atoms with Gasteiger partial charge in [-0.05, 0) is 56.9 Å². The summed E-state index contributed by atoms with van der Waals surface area (Å²) in [6.07, 6.45) is 3.03. The Kier molecular flexibility index (Phi) is 7.49. The summed E-state index contributed by atoms with van der Waals surface area (Å²) < 4.78 is 37.3. The summed E-state index contributed by atoms with van der Waals surface area (Å²) in [4.78, 5) is 27.2. The lowest BCUT2D eigenvalue weighted by atomic mass is 9.99. The maximum Gasteiger partial charge on any atom is 0.338 e. The molecule has 2 fully saturated rings. The molecule has 0 N–H and O–H groups in total. The first-order valence-corrected chi connectivity index (χ1v) is 12.0. The molecule has 3 rings (SSSR count). The van der Waals surface area contributed by atoms with Gasteiger partial charge in [0.25, 0.3) is 5.91 Å². The Bertz CT molecular complexity index is 849. The molecule has 0 bridgehead atoms. The highest BCUT2D eigenvalue weighted by molar-refractivity contribution is 7.89. The number of hydrogen-bond donors (Lipinski definition) is 0. The van der Waals surface area contributed by atoms with Crippen LogP contribution in [0.3, 0.4) is 0 Å². The normalized spacial score (nSPS) is 21.8. The van der Waals surface area contributed by atoms with Gasteiger partial charge in [0.2, 0.25) is 10.0 Å². The number of carbonyl (C=O) groups excluding carboxylic acids is 2. The summed E-state index contributed by atoms with van der Waals surface area (Å²) in [6.45, 7) is 5.67. The predicted octanol–water partition coefficient (Wildman–Crippen LogP) is 2.04. The van der Waals surface area contributed by atoms with Crippen molar-refractivity contribution in [2.24, 2.45) is 0 Å². The summed E-state index contributed by atoms with van der Waals surface area (Å²) >= 11 is 0. The Morgan fingerprint density at radius 3 is 2.43 bits per heavy atom. The van der Waals surface area contributed by atoms with Crippen LogP contribution in [0.1, 0.15) is 49.9 Å². The Morgan fingerprint density at radius 1 is 1.13 bits per heavy atom. The average molecular weight is 439 g/mol. The van der Waals surface area contributed by atoms with Crippen molar-refractivity contribution in [3.63, 3.8) is 0 Å². The van der Waals surface area contributed by atoms with E-state index >= 15 is 0 Å². The molecule has 2 heterocycles. The number of amides is 1. The molecule has 2 aliphatic rings. The van der Waals surface area contributed by atoms with Crippen LogP contribution in [0.15, 0.2) is 29.2 Å². The summed E-state index contributed by atoms with van der Waals surface area (Å²) in [5.74, 6) is -0.822. The van der Waals surface area contributed by atoms with Gasteiger partial charge in [-0.3, -0.25) is 4.79 Å². The van der Waals surface area contributed by atoms with Crippen molar-refractivity contribution in [1.82, 2.24) is 9.21 Å². The van der Waals surface area contributed by atoms with E-state index in [9.17, 15) is 18.0 Å². The molecular formula is C21H30N2O6S. The number of hydrogen-bond acceptors (Lipinski definition) is 6. The number of esters is 1. The second-order valence-corrected chi connectivity index (χ2v) is 9.62. The van der Waals surface area contributed by atoms with Crippen LogP contribution in [0.25, 0.3) is 0 Å². The van der Waals surface area contributed by atoms with Crippen LogP contribution >= 0.6 is 0 Å². The van der Waals surface area contributed by atoms with Crippen LogP contribution in [-0.4, -0.2) is 74.5 Å². The minimum atomic E-state index is -3.62. The van der Waals surface area contributed by atoms with E-state index in [-0.39, 0.29) is 22.4 Å². The fraction of sp³-hybridized carbons (Fsp3) is 0.619. The highest BCUT2D eigenvalue weighted by Crippen LogP contribution is 2.22. The molecule has 8 nitrogen and oxygen atoms in total. The van der Waals surface area contributed by atoms with Crippen LogP contribution in [0.5, 0.6) is 0 Å². The lowest BCUT2D eigenvalue weighted by Gasteiger charge is -2.36. The number of ether oxygens (including phenoxy) is 2. The summed E-state index contributed by atoms with van der Waals surface area (Å²) in [5.41, 5.74) is 0.210. The Morgan fingerprint density at radius 2 is 1.80 bits per heavy atom. The molecule has 0 radical (unpaired) electrons. The van der Waals surface area contributed by atoms with Gasteiger partial charge >= 0.3 is 5.97 Å². The van der Waals surface area contributed by atoms with Crippen LogP contribution in [-0.2, 0) is 24.3 Å². The largest absolute Gasteiger partial charge is 0.449 e. The first-order chi connectivity index (χ1) is 14.3. The van der Waals surface area contributed by atoms with Crippen LogP contribution in [0.4, 0.5) is 0 Å². The fourth-order valence-corrected chi connectivity index (χ4v) is 5.33. The van der Waals surface area contributed by atoms with E-state index in [0.717, 1.165) is 25.7 Å². The van der Waals surface area contributed by atoms with E-state index in [1.54, 1.807) is 6.92 Å². The van der Waals surface area contributed by atoms with Gasteiger partial charge in [-0.25, -0.2) is 13.2 Å². The third kappa shape index (κ3) is 5.01. The number of benzene rings is 1. The molecule has 1 aromatic rings. The van der Waals surface area contributed by atoms with E-state index in [0.29, 0.717) is 32.8 Å². The zero-order valence-electron chi connectivity index (χ0n) is 17.6. The lowest BCUT2D eigenvalue weighted by Crippen LogP contribution is -2.48. The molecule has 0 aliphatic carbocycles. The molecule has 0 saturated carbocycles. The maximum atomic E-state index is 12.7. The second-order valence-electron chi connectivity index (χ2n) is 7.68. The van der Waals surface area contributed by atoms with Gasteiger partial charge in [-0.15, -0.1) is 0 Å². The predicted molar refractivity (Wildman–Crippen MR) is 111 cm³/mol. The van der Waals surface area contributed by atoms with Crippen molar-refractivity contribution in [1.29, 1.82) is 0 Å². The topological polar surface area (TPSA) is 93.2 Å². The maximum absolute atomic E-state index is 12.7. The van der Waals surface area contributed by atoms with Crippen molar-refractivity contribution in [3.05, 3.63) is 29.8 Å². The minimum Gasteiger partial charge on any atom is -0.449 e. The van der Waals surface area contributed by atoms with E-state index in [4.69, 9.17) is 9.47 Å². The first-order valence-electron chi connectivity index (χ1n) is 10.5. The van der Waals surface area contributed by atoms with Crippen LogP contribution < -0.4 is 0 Å². The number of rotatable bonds is 6. The SMILES string of the molecule is CCC1CCCCN1C(=O)C(C)OC(=O)c1ccc(S(=O)(=O)N2CCOCC2)cc1. The zero-order chi connectivity index (χ0) is 21.7. The summed E-state index contributed by atoms with van der Waals surface area (Å²) in [5, 5.41) is 0. The molecule has 2 saturated heterocycles. The molecule has 2 atom stereocenters. The standard InChI is InChI=1S/C21H30N2O6S/c1-3-18-6-4-5-11-23(18)20(24)16(2)29-21(25)17-7-9-19(10-8-17)30(26,27)22-12-14-28-15-13-22/h7-10,16,18H,3-6,11-15H2,1-2H3. The van der Waals surface area contributed by atoms with Gasteiger partial charge in [-0.2, -0.15) is 4.31 Å². The van der Waals surface area contributed by atoms with E-state index in [1.165, 1.54) is 28.6 Å². The van der Waals surface area contributed by atoms with Crippen molar-refractivity contribution >= 4 is 21.9 Å². The van der Waals surface area contributed by atoms with Crippen LogP contribution in [0, 0.1) is 0 Å². The number of morpholine rings is 1. The van der Waals surface area contributed by atoms with Gasteiger partial charge in [0.15, 0.2) is 6.10 Å². The van der Waals surface area contributed by atoms with Gasteiger partial charge in [0.05, 0.1) is 23.7 Å². The van der Waals surface area contributed by atoms with Gasteiger partial charge in [-0.1, -0.05) is 6.92 Å². The molecule has 166 valence electrons. The highest BCUT2D eigenvalue weighted by atomic mass is 32.2. The molecule has 1 amide bonds.